The van der Waals surface area contributed by atoms with E-state index in [1.165, 1.54) is 15.4 Å². The Hall–Kier alpha value is -0.543. The van der Waals surface area contributed by atoms with Gasteiger partial charge in [0.15, 0.2) is 8.24 Å². The number of para-hydroxylation sites is 1. The predicted octanol–water partition coefficient (Wildman–Crippen LogP) is 5.26. The SMILES string of the molecule is CC(C)(C)[Si](C)(C)n1cc(Br)c2ccccc21. The van der Waals surface area contributed by atoms with E-state index in [2.05, 4.69) is 84.5 Å². The van der Waals surface area contributed by atoms with Crippen LogP contribution in [0.1, 0.15) is 20.8 Å². The van der Waals surface area contributed by atoms with E-state index < -0.39 is 8.24 Å². The van der Waals surface area contributed by atoms with Crippen LogP contribution >= 0.6 is 15.9 Å². The fourth-order valence-electron chi connectivity index (χ4n) is 1.96. The number of nitrogens with zero attached hydrogens (tertiary/aromatic N) is 1. The molecule has 0 aliphatic rings. The Morgan fingerprint density at radius 2 is 1.71 bits per heavy atom. The van der Waals surface area contributed by atoms with Gasteiger partial charge in [0.1, 0.15) is 0 Å². The Kier molecular flexibility index (Phi) is 3.03. The lowest BCUT2D eigenvalue weighted by Gasteiger charge is -2.38. The molecule has 2 rings (SSSR count). The second-order valence-electron chi connectivity index (χ2n) is 6.17. The number of benzene rings is 1. The van der Waals surface area contributed by atoms with Gasteiger partial charge in [-0.05, 0) is 27.0 Å². The van der Waals surface area contributed by atoms with Crippen molar-refractivity contribution in [2.45, 2.75) is 38.9 Å². The molecule has 1 aromatic carbocycles. The maximum atomic E-state index is 3.68. The number of aromatic nitrogens is 1. The molecule has 0 saturated heterocycles. The summed E-state index contributed by atoms with van der Waals surface area (Å²) >= 11 is 3.68. The van der Waals surface area contributed by atoms with Gasteiger partial charge < -0.3 is 4.23 Å². The third-order valence-electron chi connectivity index (χ3n) is 4.10. The third-order valence-corrected chi connectivity index (χ3v) is 9.98. The lowest BCUT2D eigenvalue weighted by molar-refractivity contribution is 0.703. The summed E-state index contributed by atoms with van der Waals surface area (Å²) in [6.07, 6.45) is 2.27. The first kappa shape index (κ1) is 12.9. The summed E-state index contributed by atoms with van der Waals surface area (Å²) in [4.78, 5) is 0. The molecule has 1 aromatic heterocycles. The van der Waals surface area contributed by atoms with Crippen molar-refractivity contribution in [1.29, 1.82) is 0 Å². The van der Waals surface area contributed by atoms with Gasteiger partial charge in [0.25, 0.3) is 0 Å². The van der Waals surface area contributed by atoms with Crippen LogP contribution in [0.3, 0.4) is 0 Å². The average molecular weight is 310 g/mol. The highest BCUT2D eigenvalue weighted by atomic mass is 79.9. The van der Waals surface area contributed by atoms with Crippen LogP contribution in [-0.4, -0.2) is 12.5 Å². The quantitative estimate of drug-likeness (QED) is 0.633. The molecule has 0 bridgehead atoms. The summed E-state index contributed by atoms with van der Waals surface area (Å²) in [5.74, 6) is 0. The number of hydrogen-bond donors (Lipinski definition) is 0. The van der Waals surface area contributed by atoms with Crippen LogP contribution in [0.2, 0.25) is 18.1 Å². The molecule has 0 radical (unpaired) electrons. The number of halogens is 1. The van der Waals surface area contributed by atoms with Crippen molar-refractivity contribution in [2.75, 3.05) is 0 Å². The smallest absolute Gasteiger partial charge is 0.161 e. The second kappa shape index (κ2) is 3.99. The van der Waals surface area contributed by atoms with Crippen molar-refractivity contribution < 1.29 is 0 Å². The molecule has 0 amide bonds. The minimum atomic E-state index is -1.54. The maximum Gasteiger partial charge on any atom is 0.161 e. The van der Waals surface area contributed by atoms with Gasteiger partial charge in [0, 0.05) is 21.6 Å². The van der Waals surface area contributed by atoms with Crippen LogP contribution < -0.4 is 0 Å². The summed E-state index contributed by atoms with van der Waals surface area (Å²) in [7, 11) is -1.54. The van der Waals surface area contributed by atoms with E-state index in [1.807, 2.05) is 0 Å². The fraction of sp³-hybridized carbons (Fsp3) is 0.429. The van der Waals surface area contributed by atoms with Gasteiger partial charge in [-0.15, -0.1) is 0 Å². The molecule has 0 atom stereocenters. The molecule has 0 aliphatic heterocycles. The highest BCUT2D eigenvalue weighted by Gasteiger charge is 2.38. The molecule has 2 aromatic rings. The van der Waals surface area contributed by atoms with E-state index >= 15 is 0 Å². The highest BCUT2D eigenvalue weighted by molar-refractivity contribution is 9.10. The first-order chi connectivity index (χ1) is 7.75. The largest absolute Gasteiger partial charge is 0.373 e. The molecule has 0 saturated carbocycles. The van der Waals surface area contributed by atoms with E-state index in [0.29, 0.717) is 5.04 Å². The van der Waals surface area contributed by atoms with Crippen molar-refractivity contribution in [3.05, 3.63) is 34.9 Å². The molecule has 0 unspecified atom stereocenters. The van der Waals surface area contributed by atoms with Crippen molar-refractivity contribution in [2.24, 2.45) is 0 Å². The minimum absolute atomic E-state index is 0.341. The Morgan fingerprint density at radius 1 is 1.12 bits per heavy atom. The van der Waals surface area contributed by atoms with Crippen molar-refractivity contribution in [3.8, 4) is 0 Å². The van der Waals surface area contributed by atoms with Gasteiger partial charge in [0.2, 0.25) is 0 Å². The zero-order chi connectivity index (χ0) is 12.8. The molecule has 0 spiro atoms. The Labute approximate surface area is 113 Å². The summed E-state index contributed by atoms with van der Waals surface area (Å²) in [6.45, 7) is 11.9. The average Bonchev–Trinajstić information content (AvgIpc) is 2.56. The predicted molar refractivity (Wildman–Crippen MR) is 82.2 cm³/mol. The molecular weight excluding hydrogens is 290 g/mol. The van der Waals surface area contributed by atoms with E-state index in [4.69, 9.17) is 0 Å². The zero-order valence-corrected chi connectivity index (χ0v) is 13.8. The summed E-state index contributed by atoms with van der Waals surface area (Å²) in [5, 5.41) is 1.66. The van der Waals surface area contributed by atoms with Crippen molar-refractivity contribution in [3.63, 3.8) is 0 Å². The first-order valence-corrected chi connectivity index (χ1v) is 9.75. The Balaban J connectivity index is 2.72. The molecule has 17 heavy (non-hydrogen) atoms. The van der Waals surface area contributed by atoms with Crippen LogP contribution in [0.5, 0.6) is 0 Å². The standard InChI is InChI=1S/C14H20BrNSi/c1-14(2,3)17(4,5)16-10-12(15)11-8-6-7-9-13(11)16/h6-10H,1-5H3. The van der Waals surface area contributed by atoms with Crippen LogP contribution in [0.4, 0.5) is 0 Å². The van der Waals surface area contributed by atoms with Crippen molar-refractivity contribution in [1.82, 2.24) is 4.23 Å². The Bertz CT molecular complexity index is 549. The van der Waals surface area contributed by atoms with E-state index in [9.17, 15) is 0 Å². The van der Waals surface area contributed by atoms with Gasteiger partial charge in [-0.2, -0.15) is 0 Å². The third kappa shape index (κ3) is 2.00. The van der Waals surface area contributed by atoms with Gasteiger partial charge >= 0.3 is 0 Å². The topological polar surface area (TPSA) is 4.93 Å². The number of rotatable bonds is 1. The second-order valence-corrected chi connectivity index (χ2v) is 12.1. The Morgan fingerprint density at radius 3 is 2.29 bits per heavy atom. The first-order valence-electron chi connectivity index (χ1n) is 6.01. The van der Waals surface area contributed by atoms with Crippen LogP contribution in [0.15, 0.2) is 34.9 Å². The molecule has 0 aliphatic carbocycles. The van der Waals surface area contributed by atoms with Crippen LogP contribution in [-0.2, 0) is 0 Å². The zero-order valence-electron chi connectivity index (χ0n) is 11.2. The molecule has 3 heteroatoms. The van der Waals surface area contributed by atoms with Crippen LogP contribution in [0.25, 0.3) is 10.9 Å². The van der Waals surface area contributed by atoms with Gasteiger partial charge in [-0.1, -0.05) is 52.1 Å². The maximum absolute atomic E-state index is 3.68. The molecule has 92 valence electrons. The van der Waals surface area contributed by atoms with Gasteiger partial charge in [-0.25, -0.2) is 0 Å². The van der Waals surface area contributed by atoms with E-state index in [0.717, 1.165) is 0 Å². The number of fused-ring (bicyclic) bond motifs is 1. The lowest BCUT2D eigenvalue weighted by atomic mass is 10.2. The molecule has 0 N–H and O–H groups in total. The van der Waals surface area contributed by atoms with E-state index in [1.54, 1.807) is 0 Å². The van der Waals surface area contributed by atoms with Gasteiger partial charge in [-0.3, -0.25) is 0 Å². The summed E-state index contributed by atoms with van der Waals surface area (Å²) in [6, 6.07) is 8.63. The molecule has 0 fully saturated rings. The summed E-state index contributed by atoms with van der Waals surface area (Å²) < 4.78 is 3.73. The van der Waals surface area contributed by atoms with E-state index in [-0.39, 0.29) is 0 Å². The van der Waals surface area contributed by atoms with Crippen LogP contribution in [0, 0.1) is 0 Å². The lowest BCUT2D eigenvalue weighted by Crippen LogP contribution is -2.44. The fourth-order valence-corrected chi connectivity index (χ4v) is 4.66. The molecule has 1 heterocycles. The normalized spacial score (nSPS) is 13.3. The minimum Gasteiger partial charge on any atom is -0.373 e. The number of hydrogen-bond acceptors (Lipinski definition) is 0. The molecular formula is C14H20BrNSi. The highest BCUT2D eigenvalue weighted by Crippen LogP contribution is 2.40. The molecule has 1 nitrogen and oxygen atoms in total. The van der Waals surface area contributed by atoms with Crippen molar-refractivity contribution >= 4 is 35.1 Å². The summed E-state index contributed by atoms with van der Waals surface area (Å²) in [5.41, 5.74) is 1.35. The van der Waals surface area contributed by atoms with Gasteiger partial charge in [0.05, 0.1) is 0 Å². The monoisotopic (exact) mass is 309 g/mol.